The molecule has 8 heteroatoms. The van der Waals surface area contributed by atoms with Crippen molar-refractivity contribution in [1.82, 2.24) is 9.55 Å². The summed E-state index contributed by atoms with van der Waals surface area (Å²) in [5, 5.41) is 10.7. The maximum absolute atomic E-state index is 11.7. The lowest BCUT2D eigenvalue weighted by atomic mass is 10.1. The number of nitrogens with one attached hydrogen (secondary N) is 1. The van der Waals surface area contributed by atoms with E-state index in [1.165, 1.54) is 29.0 Å². The van der Waals surface area contributed by atoms with Crippen LogP contribution < -0.4 is 17.0 Å². The zero-order chi connectivity index (χ0) is 15.6. The van der Waals surface area contributed by atoms with Gasteiger partial charge in [-0.25, -0.2) is 4.79 Å². The van der Waals surface area contributed by atoms with Gasteiger partial charge in [0.25, 0.3) is 11.2 Å². The predicted molar refractivity (Wildman–Crippen MR) is 77.3 cm³/mol. The highest BCUT2D eigenvalue weighted by molar-refractivity contribution is 5.59. The van der Waals surface area contributed by atoms with Gasteiger partial charge in [-0.1, -0.05) is 13.0 Å². The fourth-order valence-electron chi connectivity index (χ4n) is 1.99. The monoisotopic (exact) mass is 290 g/mol. The summed E-state index contributed by atoms with van der Waals surface area (Å²) in [6.07, 6.45) is 1.98. The van der Waals surface area contributed by atoms with Crippen LogP contribution in [0.25, 0.3) is 0 Å². The molecule has 0 saturated heterocycles. The molecule has 2 aromatic rings. The average molecular weight is 290 g/mol. The zero-order valence-corrected chi connectivity index (χ0v) is 11.3. The number of nitro groups is 1. The van der Waals surface area contributed by atoms with Crippen molar-refractivity contribution >= 4 is 11.4 Å². The van der Waals surface area contributed by atoms with Gasteiger partial charge in [0, 0.05) is 17.8 Å². The Hall–Kier alpha value is -2.90. The summed E-state index contributed by atoms with van der Waals surface area (Å²) >= 11 is 0. The van der Waals surface area contributed by atoms with Gasteiger partial charge in [-0.2, -0.15) is 0 Å². The topological polar surface area (TPSA) is 124 Å². The second-order valence-electron chi connectivity index (χ2n) is 4.55. The van der Waals surface area contributed by atoms with Crippen molar-refractivity contribution in [2.75, 3.05) is 5.73 Å². The minimum Gasteiger partial charge on any atom is -0.393 e. The number of H-pyrrole nitrogens is 1. The smallest absolute Gasteiger partial charge is 0.328 e. The Morgan fingerprint density at radius 2 is 2.10 bits per heavy atom. The van der Waals surface area contributed by atoms with Crippen LogP contribution in [0.1, 0.15) is 18.1 Å². The van der Waals surface area contributed by atoms with Crippen LogP contribution in [0.2, 0.25) is 0 Å². The van der Waals surface area contributed by atoms with Gasteiger partial charge in [-0.3, -0.25) is 24.5 Å². The highest BCUT2D eigenvalue weighted by Gasteiger charge is 2.12. The molecule has 110 valence electrons. The van der Waals surface area contributed by atoms with Crippen molar-refractivity contribution in [3.8, 4) is 0 Å². The summed E-state index contributed by atoms with van der Waals surface area (Å²) in [5.74, 6) is 0. The number of rotatable bonds is 4. The van der Waals surface area contributed by atoms with E-state index in [0.717, 1.165) is 0 Å². The van der Waals surface area contributed by atoms with Crippen molar-refractivity contribution in [1.29, 1.82) is 0 Å². The highest BCUT2D eigenvalue weighted by atomic mass is 16.6. The third-order valence-electron chi connectivity index (χ3n) is 3.11. The third kappa shape index (κ3) is 2.99. The summed E-state index contributed by atoms with van der Waals surface area (Å²) in [4.78, 5) is 35.6. The first-order chi connectivity index (χ1) is 9.92. The van der Waals surface area contributed by atoms with Crippen molar-refractivity contribution in [3.05, 3.63) is 66.5 Å². The van der Waals surface area contributed by atoms with E-state index in [4.69, 9.17) is 5.73 Å². The number of anilines is 1. The van der Waals surface area contributed by atoms with Crippen molar-refractivity contribution in [3.63, 3.8) is 0 Å². The van der Waals surface area contributed by atoms with Crippen LogP contribution in [0.15, 0.2) is 34.0 Å². The number of nitro benzene ring substituents is 1. The molecule has 2 rings (SSSR count). The van der Waals surface area contributed by atoms with Crippen LogP contribution in [0, 0.1) is 10.1 Å². The lowest BCUT2D eigenvalue weighted by Crippen LogP contribution is -2.31. The molecule has 8 nitrogen and oxygen atoms in total. The van der Waals surface area contributed by atoms with Gasteiger partial charge >= 0.3 is 5.69 Å². The van der Waals surface area contributed by atoms with E-state index >= 15 is 0 Å². The standard InChI is InChI=1S/C13H14N4O4/c1-2-9-7-16(13(19)15-12(9)18)6-8-3-4-11(17(20)21)10(14)5-8/h3-5,7H,2,6,14H2,1H3,(H,15,18,19). The number of hydrogen-bond acceptors (Lipinski definition) is 5. The number of nitrogens with two attached hydrogens (primary N) is 1. The Labute approximate surface area is 119 Å². The number of aryl methyl sites for hydroxylation is 1. The lowest BCUT2D eigenvalue weighted by Gasteiger charge is -2.07. The fraction of sp³-hybridized carbons (Fsp3) is 0.231. The molecule has 1 aromatic heterocycles. The largest absolute Gasteiger partial charge is 0.393 e. The first-order valence-electron chi connectivity index (χ1n) is 6.27. The Balaban J connectivity index is 2.39. The SMILES string of the molecule is CCc1cn(Cc2ccc([N+](=O)[O-])c(N)c2)c(=O)[nH]c1=O. The number of benzene rings is 1. The minimum absolute atomic E-state index is 0.0330. The summed E-state index contributed by atoms with van der Waals surface area (Å²) < 4.78 is 1.33. The number of aromatic amines is 1. The Bertz CT molecular complexity index is 807. The lowest BCUT2D eigenvalue weighted by molar-refractivity contribution is -0.383. The molecule has 0 spiro atoms. The van der Waals surface area contributed by atoms with Crippen LogP contribution in [0.3, 0.4) is 0 Å². The van der Waals surface area contributed by atoms with Crippen molar-refractivity contribution in [2.24, 2.45) is 0 Å². The minimum atomic E-state index is -0.569. The molecule has 0 bridgehead atoms. The molecule has 1 aromatic carbocycles. The normalized spacial score (nSPS) is 10.5. The molecule has 0 aliphatic carbocycles. The van der Waals surface area contributed by atoms with Gasteiger partial charge in [0.2, 0.25) is 0 Å². The predicted octanol–water partition coefficient (Wildman–Crippen LogP) is 0.638. The second-order valence-corrected chi connectivity index (χ2v) is 4.55. The molecular weight excluding hydrogens is 276 g/mol. The summed E-state index contributed by atoms with van der Waals surface area (Å²) in [6.45, 7) is 1.98. The Morgan fingerprint density at radius 1 is 1.38 bits per heavy atom. The van der Waals surface area contributed by atoms with Gasteiger partial charge < -0.3 is 5.73 Å². The van der Waals surface area contributed by atoms with E-state index in [0.29, 0.717) is 17.5 Å². The van der Waals surface area contributed by atoms with Crippen LogP contribution in [0.4, 0.5) is 11.4 Å². The molecule has 0 atom stereocenters. The maximum Gasteiger partial charge on any atom is 0.328 e. The van der Waals surface area contributed by atoms with Crippen LogP contribution in [-0.2, 0) is 13.0 Å². The van der Waals surface area contributed by atoms with Gasteiger partial charge in [-0.15, -0.1) is 0 Å². The molecule has 21 heavy (non-hydrogen) atoms. The molecule has 0 saturated carbocycles. The first-order valence-corrected chi connectivity index (χ1v) is 6.27. The highest BCUT2D eigenvalue weighted by Crippen LogP contribution is 2.22. The van der Waals surface area contributed by atoms with Crippen LogP contribution in [-0.4, -0.2) is 14.5 Å². The van der Waals surface area contributed by atoms with Crippen LogP contribution >= 0.6 is 0 Å². The molecule has 0 aliphatic rings. The third-order valence-corrected chi connectivity index (χ3v) is 3.11. The van der Waals surface area contributed by atoms with Gasteiger partial charge in [0.1, 0.15) is 5.69 Å². The molecule has 0 fully saturated rings. The average Bonchev–Trinajstić information content (AvgIpc) is 2.41. The van der Waals surface area contributed by atoms with E-state index in [1.807, 2.05) is 6.92 Å². The maximum atomic E-state index is 11.7. The molecule has 0 aliphatic heterocycles. The van der Waals surface area contributed by atoms with E-state index in [9.17, 15) is 19.7 Å². The van der Waals surface area contributed by atoms with Gasteiger partial charge in [-0.05, 0) is 18.1 Å². The van der Waals surface area contributed by atoms with E-state index in [2.05, 4.69) is 4.98 Å². The molecule has 0 radical (unpaired) electrons. The second kappa shape index (κ2) is 5.61. The van der Waals surface area contributed by atoms with E-state index in [1.54, 1.807) is 0 Å². The summed E-state index contributed by atoms with van der Waals surface area (Å²) in [7, 11) is 0. The molecule has 3 N–H and O–H groups in total. The Morgan fingerprint density at radius 3 is 2.67 bits per heavy atom. The molecule has 0 amide bonds. The van der Waals surface area contributed by atoms with Crippen molar-refractivity contribution in [2.45, 2.75) is 19.9 Å². The van der Waals surface area contributed by atoms with E-state index in [-0.39, 0.29) is 17.9 Å². The number of aromatic nitrogens is 2. The number of nitrogen functional groups attached to an aromatic ring is 1. The molecule has 0 unspecified atom stereocenters. The van der Waals surface area contributed by atoms with Gasteiger partial charge in [0.05, 0.1) is 11.5 Å². The number of hydrogen-bond donors (Lipinski definition) is 2. The van der Waals surface area contributed by atoms with Crippen LogP contribution in [0.5, 0.6) is 0 Å². The summed E-state index contributed by atoms with van der Waals surface area (Å²) in [6, 6.07) is 4.26. The van der Waals surface area contributed by atoms with Gasteiger partial charge in [0.15, 0.2) is 0 Å². The quantitative estimate of drug-likeness (QED) is 0.485. The van der Waals surface area contributed by atoms with E-state index < -0.39 is 16.2 Å². The molecule has 1 heterocycles. The fourth-order valence-corrected chi connectivity index (χ4v) is 1.99. The first kappa shape index (κ1) is 14.5. The Kier molecular flexibility index (Phi) is 3.88. The number of nitrogens with zero attached hydrogens (tertiary/aromatic N) is 2. The molecular formula is C13H14N4O4. The zero-order valence-electron chi connectivity index (χ0n) is 11.3. The summed E-state index contributed by atoms with van der Waals surface area (Å²) in [5.41, 5.74) is 5.65. The van der Waals surface area contributed by atoms with Crippen molar-refractivity contribution < 1.29 is 4.92 Å².